The number of hydrogen-bond donors (Lipinski definition) is 1. The van der Waals surface area contributed by atoms with E-state index in [9.17, 15) is 4.79 Å². The second kappa shape index (κ2) is 7.40. The number of pyridine rings is 2. The number of nitrogens with one attached hydrogen (secondary N) is 1. The number of fused-ring (bicyclic) bond motifs is 3. The maximum Gasteiger partial charge on any atom is 0.221 e. The van der Waals surface area contributed by atoms with E-state index >= 15 is 0 Å². The molecule has 0 bridgehead atoms. The van der Waals surface area contributed by atoms with E-state index < -0.39 is 0 Å². The number of rotatable bonds is 4. The van der Waals surface area contributed by atoms with Crippen LogP contribution < -0.4 is 5.32 Å². The largest absolute Gasteiger partial charge is 0.325 e. The molecule has 0 aliphatic heterocycles. The van der Waals surface area contributed by atoms with Crippen LogP contribution in [0.25, 0.3) is 32.9 Å². The van der Waals surface area contributed by atoms with Gasteiger partial charge < -0.3 is 5.32 Å². The molecular formula is C24H19N5O. The Hall–Kier alpha value is -4.06. The summed E-state index contributed by atoms with van der Waals surface area (Å²) in [6.07, 6.45) is 7.21. The first-order chi connectivity index (χ1) is 14.7. The molecule has 1 amide bonds. The minimum Gasteiger partial charge on any atom is -0.325 e. The van der Waals surface area contributed by atoms with Crippen molar-refractivity contribution in [1.82, 2.24) is 19.7 Å². The zero-order chi connectivity index (χ0) is 20.5. The molecule has 0 fully saturated rings. The van der Waals surface area contributed by atoms with Crippen LogP contribution in [0.15, 0.2) is 79.4 Å². The molecule has 3 aromatic heterocycles. The average molecular weight is 393 g/mol. The number of anilines is 1. The van der Waals surface area contributed by atoms with Crippen LogP contribution in [0.3, 0.4) is 0 Å². The topological polar surface area (TPSA) is 72.7 Å². The lowest BCUT2D eigenvalue weighted by molar-refractivity contribution is -0.114. The smallest absolute Gasteiger partial charge is 0.221 e. The lowest BCUT2D eigenvalue weighted by Crippen LogP contribution is -2.05. The summed E-state index contributed by atoms with van der Waals surface area (Å²) in [7, 11) is 0. The summed E-state index contributed by atoms with van der Waals surface area (Å²) in [6, 6.07) is 18.3. The van der Waals surface area contributed by atoms with Crippen LogP contribution in [-0.4, -0.2) is 25.7 Å². The number of aromatic nitrogens is 4. The van der Waals surface area contributed by atoms with Crippen molar-refractivity contribution in [2.24, 2.45) is 0 Å². The molecule has 30 heavy (non-hydrogen) atoms. The first kappa shape index (κ1) is 18.0. The summed E-state index contributed by atoms with van der Waals surface area (Å²) >= 11 is 0. The van der Waals surface area contributed by atoms with Gasteiger partial charge >= 0.3 is 0 Å². The van der Waals surface area contributed by atoms with Crippen molar-refractivity contribution in [2.75, 3.05) is 5.32 Å². The summed E-state index contributed by atoms with van der Waals surface area (Å²) in [5, 5.41) is 9.48. The minimum atomic E-state index is -0.121. The molecule has 0 atom stereocenters. The highest BCUT2D eigenvalue weighted by Gasteiger charge is 2.10. The van der Waals surface area contributed by atoms with Crippen LogP contribution in [-0.2, 0) is 11.3 Å². The van der Waals surface area contributed by atoms with Gasteiger partial charge in [0.25, 0.3) is 0 Å². The van der Waals surface area contributed by atoms with Gasteiger partial charge in [0.2, 0.25) is 5.91 Å². The highest BCUT2D eigenvalue weighted by molar-refractivity contribution is 6.05. The third-order valence-corrected chi connectivity index (χ3v) is 5.06. The molecule has 6 nitrogen and oxygen atoms in total. The van der Waals surface area contributed by atoms with E-state index in [2.05, 4.69) is 38.6 Å². The zero-order valence-corrected chi connectivity index (χ0v) is 16.4. The van der Waals surface area contributed by atoms with Crippen LogP contribution in [0.4, 0.5) is 5.69 Å². The Bertz CT molecular complexity index is 1370. The molecule has 0 saturated carbocycles. The second-order valence-electron chi connectivity index (χ2n) is 7.22. The highest BCUT2D eigenvalue weighted by atomic mass is 16.1. The molecule has 0 radical (unpaired) electrons. The van der Waals surface area contributed by atoms with Gasteiger partial charge in [-0.2, -0.15) is 5.10 Å². The Morgan fingerprint density at radius 3 is 2.63 bits per heavy atom. The molecular weight excluding hydrogens is 374 g/mol. The van der Waals surface area contributed by atoms with E-state index in [1.807, 2.05) is 53.5 Å². The van der Waals surface area contributed by atoms with E-state index in [1.54, 1.807) is 12.4 Å². The Labute approximate surface area is 173 Å². The number of nitrogens with zero attached hydrogens (tertiary/aromatic N) is 4. The van der Waals surface area contributed by atoms with Crippen molar-refractivity contribution >= 4 is 33.4 Å². The van der Waals surface area contributed by atoms with Crippen molar-refractivity contribution in [3.8, 4) is 11.1 Å². The molecule has 6 heteroatoms. The van der Waals surface area contributed by atoms with Gasteiger partial charge in [0.1, 0.15) is 0 Å². The summed E-state index contributed by atoms with van der Waals surface area (Å²) in [4.78, 5) is 20.3. The van der Waals surface area contributed by atoms with Crippen LogP contribution >= 0.6 is 0 Å². The standard InChI is InChI=1S/C24H19N5O/c1-16(30)28-20-9-19(11-25-12-20)18-7-8-23-21(10-18)22-13-27-29(24(22)14-26-23)15-17-5-3-2-4-6-17/h2-14H,15H2,1H3,(H,28,30). The van der Waals surface area contributed by atoms with Crippen LogP contribution in [0.1, 0.15) is 12.5 Å². The van der Waals surface area contributed by atoms with E-state index in [4.69, 9.17) is 0 Å². The maximum atomic E-state index is 11.4. The number of carbonyl (C=O) groups is 1. The first-order valence-electron chi connectivity index (χ1n) is 9.68. The molecule has 2 aromatic carbocycles. The van der Waals surface area contributed by atoms with Crippen molar-refractivity contribution in [1.29, 1.82) is 0 Å². The molecule has 0 aliphatic carbocycles. The fraction of sp³-hybridized carbons (Fsp3) is 0.0833. The molecule has 0 unspecified atom stereocenters. The fourth-order valence-electron chi connectivity index (χ4n) is 3.66. The van der Waals surface area contributed by atoms with Gasteiger partial charge in [0, 0.05) is 29.5 Å². The van der Waals surface area contributed by atoms with Gasteiger partial charge in [-0.3, -0.25) is 19.4 Å². The third kappa shape index (κ3) is 3.39. The van der Waals surface area contributed by atoms with Crippen LogP contribution in [0.2, 0.25) is 0 Å². The third-order valence-electron chi connectivity index (χ3n) is 5.06. The Morgan fingerprint density at radius 2 is 1.80 bits per heavy atom. The minimum absolute atomic E-state index is 0.121. The van der Waals surface area contributed by atoms with Gasteiger partial charge in [0.15, 0.2) is 0 Å². The van der Waals surface area contributed by atoms with Gasteiger partial charge in [-0.15, -0.1) is 0 Å². The Morgan fingerprint density at radius 1 is 0.933 bits per heavy atom. The van der Waals surface area contributed by atoms with Gasteiger partial charge in [0.05, 0.1) is 41.9 Å². The summed E-state index contributed by atoms with van der Waals surface area (Å²) in [5.41, 5.74) is 5.71. The highest BCUT2D eigenvalue weighted by Crippen LogP contribution is 2.29. The molecule has 0 saturated heterocycles. The quantitative estimate of drug-likeness (QED) is 0.482. The number of hydrogen-bond acceptors (Lipinski definition) is 4. The zero-order valence-electron chi connectivity index (χ0n) is 16.4. The number of carbonyl (C=O) groups excluding carboxylic acids is 1. The summed E-state index contributed by atoms with van der Waals surface area (Å²) in [5.74, 6) is -0.121. The van der Waals surface area contributed by atoms with Crippen molar-refractivity contribution in [2.45, 2.75) is 13.5 Å². The maximum absolute atomic E-state index is 11.4. The van der Waals surface area contributed by atoms with Crippen LogP contribution in [0, 0.1) is 0 Å². The predicted molar refractivity (Wildman–Crippen MR) is 118 cm³/mol. The Kier molecular flexibility index (Phi) is 4.44. The fourth-order valence-corrected chi connectivity index (χ4v) is 3.66. The van der Waals surface area contributed by atoms with E-state index in [1.165, 1.54) is 12.5 Å². The SMILES string of the molecule is CC(=O)Nc1cncc(-c2ccc3ncc4c(cnn4Cc4ccccc4)c3c2)c1. The molecule has 5 rings (SSSR count). The number of benzene rings is 2. The molecule has 0 aliphatic rings. The predicted octanol–water partition coefficient (Wildman–Crippen LogP) is 4.65. The first-order valence-corrected chi connectivity index (χ1v) is 9.68. The normalized spacial score (nSPS) is 11.1. The molecule has 146 valence electrons. The van der Waals surface area contributed by atoms with E-state index in [0.717, 1.165) is 32.9 Å². The van der Waals surface area contributed by atoms with Gasteiger partial charge in [-0.05, 0) is 29.3 Å². The summed E-state index contributed by atoms with van der Waals surface area (Å²) < 4.78 is 1.97. The van der Waals surface area contributed by atoms with Gasteiger partial charge in [-0.25, -0.2) is 0 Å². The number of amides is 1. The molecule has 0 spiro atoms. The average Bonchev–Trinajstić information content (AvgIpc) is 3.17. The molecule has 5 aromatic rings. The lowest BCUT2D eigenvalue weighted by Gasteiger charge is -2.08. The van der Waals surface area contributed by atoms with E-state index in [0.29, 0.717) is 12.2 Å². The lowest BCUT2D eigenvalue weighted by atomic mass is 10.0. The van der Waals surface area contributed by atoms with Crippen LogP contribution in [0.5, 0.6) is 0 Å². The van der Waals surface area contributed by atoms with Crippen molar-refractivity contribution in [3.63, 3.8) is 0 Å². The van der Waals surface area contributed by atoms with Crippen molar-refractivity contribution < 1.29 is 4.79 Å². The Balaban J connectivity index is 1.58. The van der Waals surface area contributed by atoms with E-state index in [-0.39, 0.29) is 5.91 Å². The monoisotopic (exact) mass is 393 g/mol. The summed E-state index contributed by atoms with van der Waals surface area (Å²) in [6.45, 7) is 2.18. The van der Waals surface area contributed by atoms with Gasteiger partial charge in [-0.1, -0.05) is 36.4 Å². The van der Waals surface area contributed by atoms with Crippen molar-refractivity contribution in [3.05, 3.63) is 84.9 Å². The molecule has 1 N–H and O–H groups in total. The molecule has 3 heterocycles. The second-order valence-corrected chi connectivity index (χ2v) is 7.22.